The first-order valence-corrected chi connectivity index (χ1v) is 10.6. The molecule has 0 aromatic heterocycles. The number of likely N-dealkylation sites (tertiary alicyclic amines) is 2. The Morgan fingerprint density at radius 1 is 1.15 bits per heavy atom. The molecule has 2 amide bonds. The number of piperazine rings is 1. The fourth-order valence-electron chi connectivity index (χ4n) is 4.99. The summed E-state index contributed by atoms with van der Waals surface area (Å²) < 4.78 is 79.3. The summed E-state index contributed by atoms with van der Waals surface area (Å²) in [5.74, 6) is -1.07. The minimum Gasteiger partial charge on any atom is -0.325 e. The van der Waals surface area contributed by atoms with Crippen LogP contribution in [0.15, 0.2) is 18.2 Å². The van der Waals surface area contributed by atoms with Gasteiger partial charge in [0.05, 0.1) is 35.3 Å². The van der Waals surface area contributed by atoms with Gasteiger partial charge in [-0.3, -0.25) is 14.5 Å². The second kappa shape index (κ2) is 8.42. The van der Waals surface area contributed by atoms with Crippen molar-refractivity contribution in [3.05, 3.63) is 29.3 Å². The SMILES string of the molecule is N#C[C@@H]1CCCN1C(=O)[C@@H](N)CN1CC2C[C@H]1C(=O)N2c1cc(C(F)(F)F)cc(C(F)(F)F)c1. The monoisotopic (exact) mass is 489 g/mol. The number of anilines is 1. The molecule has 13 heteroatoms. The molecule has 3 saturated heterocycles. The van der Waals surface area contributed by atoms with Crippen LogP contribution >= 0.6 is 0 Å². The number of benzene rings is 1. The lowest BCUT2D eigenvalue weighted by molar-refractivity contribution is -0.143. The van der Waals surface area contributed by atoms with Crippen molar-refractivity contribution in [2.24, 2.45) is 5.73 Å². The molecule has 3 aliphatic rings. The average molecular weight is 489 g/mol. The quantitative estimate of drug-likeness (QED) is 0.656. The number of nitriles is 1. The van der Waals surface area contributed by atoms with Gasteiger partial charge >= 0.3 is 12.4 Å². The number of rotatable bonds is 4. The van der Waals surface area contributed by atoms with Crippen molar-refractivity contribution in [2.75, 3.05) is 24.5 Å². The molecule has 3 heterocycles. The van der Waals surface area contributed by atoms with E-state index < -0.39 is 65.1 Å². The molecule has 2 N–H and O–H groups in total. The summed E-state index contributed by atoms with van der Waals surface area (Å²) >= 11 is 0. The summed E-state index contributed by atoms with van der Waals surface area (Å²) in [6.07, 6.45) is -8.62. The van der Waals surface area contributed by atoms with Gasteiger partial charge in [0, 0.05) is 25.3 Å². The smallest absolute Gasteiger partial charge is 0.325 e. The maximum Gasteiger partial charge on any atom is 0.416 e. The van der Waals surface area contributed by atoms with Crippen molar-refractivity contribution in [3.8, 4) is 6.07 Å². The van der Waals surface area contributed by atoms with E-state index in [0.29, 0.717) is 31.5 Å². The first-order chi connectivity index (χ1) is 15.8. The van der Waals surface area contributed by atoms with E-state index in [1.807, 2.05) is 6.07 Å². The van der Waals surface area contributed by atoms with Crippen LogP contribution in [-0.2, 0) is 21.9 Å². The van der Waals surface area contributed by atoms with Crippen molar-refractivity contribution in [1.29, 1.82) is 5.26 Å². The summed E-state index contributed by atoms with van der Waals surface area (Å²) in [6.45, 7) is 0.544. The van der Waals surface area contributed by atoms with Crippen LogP contribution in [0.25, 0.3) is 0 Å². The Bertz CT molecular complexity index is 1000. The van der Waals surface area contributed by atoms with Gasteiger partial charge < -0.3 is 15.5 Å². The molecule has 4 rings (SSSR count). The summed E-state index contributed by atoms with van der Waals surface area (Å²) in [6, 6.07) is 0.124. The molecule has 3 fully saturated rings. The van der Waals surface area contributed by atoms with Gasteiger partial charge in [0.25, 0.3) is 0 Å². The van der Waals surface area contributed by atoms with Crippen molar-refractivity contribution in [3.63, 3.8) is 0 Å². The molecular formula is C21H21F6N5O2. The van der Waals surface area contributed by atoms with Crippen molar-refractivity contribution >= 4 is 17.5 Å². The predicted octanol–water partition coefficient (Wildman–Crippen LogP) is 2.36. The molecule has 34 heavy (non-hydrogen) atoms. The molecule has 7 nitrogen and oxygen atoms in total. The van der Waals surface area contributed by atoms with Crippen LogP contribution in [0.5, 0.6) is 0 Å². The highest BCUT2D eigenvalue weighted by Crippen LogP contribution is 2.42. The van der Waals surface area contributed by atoms with Crippen LogP contribution in [0.1, 0.15) is 30.4 Å². The summed E-state index contributed by atoms with van der Waals surface area (Å²) in [5, 5.41) is 9.16. The van der Waals surface area contributed by atoms with E-state index >= 15 is 0 Å². The maximum atomic E-state index is 13.2. The zero-order valence-corrected chi connectivity index (χ0v) is 17.7. The van der Waals surface area contributed by atoms with Gasteiger partial charge in [0.2, 0.25) is 11.8 Å². The van der Waals surface area contributed by atoms with Crippen LogP contribution in [0.3, 0.4) is 0 Å². The third-order valence-electron chi connectivity index (χ3n) is 6.55. The number of halogens is 6. The second-order valence-electron chi connectivity index (χ2n) is 8.76. The minimum absolute atomic E-state index is 0.00931. The van der Waals surface area contributed by atoms with Gasteiger partial charge in [-0.15, -0.1) is 0 Å². The molecule has 2 bridgehead atoms. The van der Waals surface area contributed by atoms with Crippen LogP contribution in [0.2, 0.25) is 0 Å². The highest BCUT2D eigenvalue weighted by Gasteiger charge is 2.51. The number of fused-ring (bicyclic) bond motifs is 2. The molecule has 184 valence electrons. The van der Waals surface area contributed by atoms with Crippen LogP contribution in [0.4, 0.5) is 32.0 Å². The fourth-order valence-corrected chi connectivity index (χ4v) is 4.99. The summed E-state index contributed by atoms with van der Waals surface area (Å²) in [4.78, 5) is 29.6. The average Bonchev–Trinajstić information content (AvgIpc) is 3.45. The van der Waals surface area contributed by atoms with E-state index in [1.54, 1.807) is 4.90 Å². The molecule has 0 radical (unpaired) electrons. The van der Waals surface area contributed by atoms with Gasteiger partial charge in [0.15, 0.2) is 0 Å². The Balaban J connectivity index is 1.51. The highest BCUT2D eigenvalue weighted by molar-refractivity contribution is 6.01. The Kier molecular flexibility index (Phi) is 6.02. The molecule has 0 saturated carbocycles. The van der Waals surface area contributed by atoms with E-state index in [9.17, 15) is 35.9 Å². The lowest BCUT2D eigenvalue weighted by Gasteiger charge is -2.35. The van der Waals surface area contributed by atoms with Gasteiger partial charge in [-0.2, -0.15) is 31.6 Å². The fraction of sp³-hybridized carbons (Fsp3) is 0.571. The van der Waals surface area contributed by atoms with E-state index in [2.05, 4.69) is 0 Å². The van der Waals surface area contributed by atoms with Crippen LogP contribution < -0.4 is 10.6 Å². The van der Waals surface area contributed by atoms with Gasteiger partial charge in [-0.05, 0) is 37.5 Å². The van der Waals surface area contributed by atoms with Gasteiger partial charge in [-0.25, -0.2) is 0 Å². The molecule has 0 aliphatic carbocycles. The van der Waals surface area contributed by atoms with Gasteiger partial charge in [-0.1, -0.05) is 0 Å². The number of alkyl halides is 6. The lowest BCUT2D eigenvalue weighted by Crippen LogP contribution is -2.56. The number of carbonyl (C=O) groups is 2. The van der Waals surface area contributed by atoms with Crippen LogP contribution in [-0.4, -0.2) is 65.4 Å². The first-order valence-electron chi connectivity index (χ1n) is 10.6. The third kappa shape index (κ3) is 4.32. The molecule has 0 spiro atoms. The third-order valence-corrected chi connectivity index (χ3v) is 6.55. The number of hydrogen-bond donors (Lipinski definition) is 1. The molecule has 3 aliphatic heterocycles. The van der Waals surface area contributed by atoms with Gasteiger partial charge in [0.1, 0.15) is 6.04 Å². The molecule has 1 unspecified atom stereocenters. The topological polar surface area (TPSA) is 93.7 Å². The van der Waals surface area contributed by atoms with Crippen molar-refractivity contribution in [2.45, 2.75) is 55.8 Å². The normalized spacial score (nSPS) is 26.3. The lowest BCUT2D eigenvalue weighted by atomic mass is 10.1. The first kappa shape index (κ1) is 24.3. The van der Waals surface area contributed by atoms with E-state index in [0.717, 1.165) is 4.90 Å². The van der Waals surface area contributed by atoms with Crippen molar-refractivity contribution in [1.82, 2.24) is 9.80 Å². The molecule has 4 atom stereocenters. The number of nitrogens with two attached hydrogens (primary N) is 1. The number of amides is 2. The van der Waals surface area contributed by atoms with E-state index in [4.69, 9.17) is 11.0 Å². The second-order valence-corrected chi connectivity index (χ2v) is 8.76. The zero-order chi connectivity index (χ0) is 25.0. The minimum atomic E-state index is -5.02. The predicted molar refractivity (Wildman–Crippen MR) is 106 cm³/mol. The van der Waals surface area contributed by atoms with E-state index in [-0.39, 0.29) is 25.6 Å². The standard InChI is InChI=1S/C21H21F6N5O2/c22-20(23,24)11-4-12(21(25,26)27)6-14(5-11)32-15-7-17(19(32)34)30(9-15)10-16(29)18(33)31-3-1-2-13(31)8-28/h4-6,13,15-17H,1-3,7,9-10,29H2/t13-,15?,16-,17-/m0/s1. The Hall–Kier alpha value is -2.85. The zero-order valence-electron chi connectivity index (χ0n) is 17.7. The molecule has 1 aromatic rings. The Morgan fingerprint density at radius 3 is 2.29 bits per heavy atom. The number of carbonyl (C=O) groups excluding carboxylic acids is 2. The summed E-state index contributed by atoms with van der Waals surface area (Å²) in [5.41, 5.74) is 2.59. The van der Waals surface area contributed by atoms with Crippen LogP contribution in [0, 0.1) is 11.3 Å². The Labute approximate surface area is 190 Å². The molecule has 1 aromatic carbocycles. The number of nitrogens with zero attached hydrogens (tertiary/aromatic N) is 4. The van der Waals surface area contributed by atoms with Crippen molar-refractivity contribution < 1.29 is 35.9 Å². The Morgan fingerprint density at radius 2 is 1.76 bits per heavy atom. The molecular weight excluding hydrogens is 468 g/mol. The summed E-state index contributed by atoms with van der Waals surface area (Å²) in [7, 11) is 0. The number of hydrogen-bond acceptors (Lipinski definition) is 5. The maximum absolute atomic E-state index is 13.2. The highest BCUT2D eigenvalue weighted by atomic mass is 19.4. The largest absolute Gasteiger partial charge is 0.416 e. The van der Waals surface area contributed by atoms with E-state index in [1.165, 1.54) is 4.90 Å².